The van der Waals surface area contributed by atoms with Crippen molar-refractivity contribution in [1.82, 2.24) is 4.90 Å². The van der Waals surface area contributed by atoms with Gasteiger partial charge in [0.1, 0.15) is 0 Å². The minimum Gasteiger partial charge on any atom is -0.481 e. The zero-order valence-electron chi connectivity index (χ0n) is 11.7. The van der Waals surface area contributed by atoms with Gasteiger partial charge in [0.2, 0.25) is 5.91 Å². The lowest BCUT2D eigenvalue weighted by molar-refractivity contribution is -0.145. The first-order valence-corrected chi connectivity index (χ1v) is 6.96. The smallest absolute Gasteiger partial charge is 0.306 e. The van der Waals surface area contributed by atoms with Gasteiger partial charge < -0.3 is 10.0 Å². The zero-order chi connectivity index (χ0) is 13.7. The summed E-state index contributed by atoms with van der Waals surface area (Å²) in [4.78, 5) is 25.1. The van der Waals surface area contributed by atoms with Gasteiger partial charge in [0, 0.05) is 19.0 Å². The van der Waals surface area contributed by atoms with Crippen LogP contribution in [-0.4, -0.2) is 35.0 Å². The van der Waals surface area contributed by atoms with E-state index in [0.29, 0.717) is 12.8 Å². The van der Waals surface area contributed by atoms with Crippen molar-refractivity contribution in [2.45, 2.75) is 58.4 Å². The van der Waals surface area contributed by atoms with Crippen LogP contribution in [0, 0.1) is 11.8 Å². The normalized spacial score (nSPS) is 25.5. The molecule has 0 radical (unpaired) electrons. The van der Waals surface area contributed by atoms with Crippen LogP contribution in [-0.2, 0) is 9.59 Å². The number of carboxylic acids is 1. The molecule has 1 fully saturated rings. The highest BCUT2D eigenvalue weighted by molar-refractivity contribution is 5.80. The Kier molecular flexibility index (Phi) is 5.63. The first-order valence-electron chi connectivity index (χ1n) is 6.96. The molecular weight excluding hydrogens is 230 g/mol. The molecule has 0 aliphatic heterocycles. The number of nitrogens with zero attached hydrogens (tertiary/aromatic N) is 1. The number of carbonyl (C=O) groups excluding carboxylic acids is 1. The molecule has 1 aliphatic carbocycles. The maximum atomic E-state index is 12.3. The highest BCUT2D eigenvalue weighted by Gasteiger charge is 2.33. The molecule has 1 N–H and O–H groups in total. The number of hydrogen-bond donors (Lipinski definition) is 1. The van der Waals surface area contributed by atoms with Crippen LogP contribution in [0.5, 0.6) is 0 Å². The van der Waals surface area contributed by atoms with Crippen LogP contribution in [0.2, 0.25) is 0 Å². The molecule has 104 valence electrons. The van der Waals surface area contributed by atoms with Gasteiger partial charge in [-0.3, -0.25) is 9.59 Å². The summed E-state index contributed by atoms with van der Waals surface area (Å²) in [5.74, 6) is -1.05. The Morgan fingerprint density at radius 1 is 1.33 bits per heavy atom. The summed E-state index contributed by atoms with van der Waals surface area (Å²) in [6.45, 7) is 4.16. The van der Waals surface area contributed by atoms with E-state index in [4.69, 9.17) is 5.11 Å². The Balaban J connectivity index is 2.57. The van der Waals surface area contributed by atoms with Gasteiger partial charge in [-0.05, 0) is 32.6 Å². The fourth-order valence-corrected chi connectivity index (χ4v) is 2.76. The van der Waals surface area contributed by atoms with Crippen LogP contribution >= 0.6 is 0 Å². The highest BCUT2D eigenvalue weighted by atomic mass is 16.4. The van der Waals surface area contributed by atoms with E-state index in [0.717, 1.165) is 25.7 Å². The molecule has 0 saturated heterocycles. The molecule has 18 heavy (non-hydrogen) atoms. The van der Waals surface area contributed by atoms with E-state index in [1.54, 1.807) is 4.90 Å². The number of amides is 1. The molecule has 0 heterocycles. The monoisotopic (exact) mass is 255 g/mol. The third kappa shape index (κ3) is 3.72. The van der Waals surface area contributed by atoms with E-state index >= 15 is 0 Å². The van der Waals surface area contributed by atoms with Gasteiger partial charge in [-0.25, -0.2) is 0 Å². The minimum atomic E-state index is -0.753. The first kappa shape index (κ1) is 15.0. The average molecular weight is 255 g/mol. The standard InChI is InChI=1S/C14H25NO3/c1-4-6-10(2)15(3)13(16)11-7-5-8-12(9-11)14(17)18/h10-12H,4-9H2,1-3H3,(H,17,18). The summed E-state index contributed by atoms with van der Waals surface area (Å²) in [5.41, 5.74) is 0. The number of aliphatic carboxylic acids is 1. The second kappa shape index (κ2) is 6.76. The molecule has 1 rings (SSSR count). The molecule has 3 unspecified atom stereocenters. The Morgan fingerprint density at radius 3 is 2.50 bits per heavy atom. The molecule has 1 aliphatic rings. The van der Waals surface area contributed by atoms with Gasteiger partial charge in [-0.2, -0.15) is 0 Å². The van der Waals surface area contributed by atoms with Crippen LogP contribution < -0.4 is 0 Å². The summed E-state index contributed by atoms with van der Waals surface area (Å²) in [7, 11) is 1.84. The van der Waals surface area contributed by atoms with Crippen LogP contribution in [0.3, 0.4) is 0 Å². The molecule has 0 aromatic carbocycles. The van der Waals surface area contributed by atoms with Crippen LogP contribution in [0.15, 0.2) is 0 Å². The second-order valence-corrected chi connectivity index (χ2v) is 5.49. The Labute approximate surface area is 109 Å². The maximum Gasteiger partial charge on any atom is 0.306 e. The van der Waals surface area contributed by atoms with Crippen molar-refractivity contribution in [3.8, 4) is 0 Å². The van der Waals surface area contributed by atoms with Gasteiger partial charge >= 0.3 is 5.97 Å². The van der Waals surface area contributed by atoms with Crippen molar-refractivity contribution in [3.63, 3.8) is 0 Å². The van der Waals surface area contributed by atoms with E-state index in [2.05, 4.69) is 13.8 Å². The molecular formula is C14H25NO3. The summed E-state index contributed by atoms with van der Waals surface area (Å²) in [6.07, 6.45) is 4.97. The van der Waals surface area contributed by atoms with Crippen molar-refractivity contribution in [1.29, 1.82) is 0 Å². The third-order valence-electron chi connectivity index (χ3n) is 4.09. The van der Waals surface area contributed by atoms with Gasteiger partial charge in [-0.1, -0.05) is 19.8 Å². The molecule has 1 saturated carbocycles. The summed E-state index contributed by atoms with van der Waals surface area (Å²) >= 11 is 0. The third-order valence-corrected chi connectivity index (χ3v) is 4.09. The number of carboxylic acid groups (broad SMARTS) is 1. The van der Waals surface area contributed by atoms with Crippen LogP contribution in [0.1, 0.15) is 52.4 Å². The van der Waals surface area contributed by atoms with E-state index in [1.165, 1.54) is 0 Å². The van der Waals surface area contributed by atoms with Crippen molar-refractivity contribution < 1.29 is 14.7 Å². The number of rotatable bonds is 5. The quantitative estimate of drug-likeness (QED) is 0.821. The number of hydrogen-bond acceptors (Lipinski definition) is 2. The lowest BCUT2D eigenvalue weighted by atomic mass is 9.80. The lowest BCUT2D eigenvalue weighted by Gasteiger charge is -2.32. The second-order valence-electron chi connectivity index (χ2n) is 5.49. The first-order chi connectivity index (χ1) is 8.47. The summed E-state index contributed by atoms with van der Waals surface area (Å²) < 4.78 is 0. The maximum absolute atomic E-state index is 12.3. The largest absolute Gasteiger partial charge is 0.481 e. The molecule has 0 aromatic rings. The molecule has 0 aromatic heterocycles. The zero-order valence-corrected chi connectivity index (χ0v) is 11.7. The van der Waals surface area contributed by atoms with Crippen molar-refractivity contribution in [3.05, 3.63) is 0 Å². The highest BCUT2D eigenvalue weighted by Crippen LogP contribution is 2.30. The minimum absolute atomic E-state index is 0.0934. The molecule has 1 amide bonds. The molecule has 0 bridgehead atoms. The lowest BCUT2D eigenvalue weighted by Crippen LogP contribution is -2.41. The van der Waals surface area contributed by atoms with Gasteiger partial charge in [-0.15, -0.1) is 0 Å². The van der Waals surface area contributed by atoms with Crippen molar-refractivity contribution >= 4 is 11.9 Å². The van der Waals surface area contributed by atoms with Crippen LogP contribution in [0.4, 0.5) is 0 Å². The predicted octanol–water partition coefficient (Wildman–Crippen LogP) is 2.52. The van der Waals surface area contributed by atoms with E-state index in [-0.39, 0.29) is 23.8 Å². The summed E-state index contributed by atoms with van der Waals surface area (Å²) in [6, 6.07) is 0.243. The Morgan fingerprint density at radius 2 is 1.94 bits per heavy atom. The SMILES string of the molecule is CCCC(C)N(C)C(=O)C1CCCC(C(=O)O)C1. The van der Waals surface area contributed by atoms with Crippen LogP contribution in [0.25, 0.3) is 0 Å². The molecule has 0 spiro atoms. The van der Waals surface area contributed by atoms with Gasteiger partial charge in [0.05, 0.1) is 5.92 Å². The van der Waals surface area contributed by atoms with Gasteiger partial charge in [0.15, 0.2) is 0 Å². The molecule has 4 heteroatoms. The van der Waals surface area contributed by atoms with Gasteiger partial charge in [0.25, 0.3) is 0 Å². The van der Waals surface area contributed by atoms with Crippen molar-refractivity contribution in [2.75, 3.05) is 7.05 Å². The van der Waals surface area contributed by atoms with Crippen molar-refractivity contribution in [2.24, 2.45) is 11.8 Å². The predicted molar refractivity (Wildman–Crippen MR) is 70.2 cm³/mol. The average Bonchev–Trinajstić information content (AvgIpc) is 2.37. The molecule has 3 atom stereocenters. The summed E-state index contributed by atoms with van der Waals surface area (Å²) in [5, 5.41) is 9.04. The Hall–Kier alpha value is -1.06. The molecule has 4 nitrogen and oxygen atoms in total. The van der Waals surface area contributed by atoms with E-state index in [1.807, 2.05) is 7.05 Å². The fraction of sp³-hybridized carbons (Fsp3) is 0.857. The fourth-order valence-electron chi connectivity index (χ4n) is 2.76. The topological polar surface area (TPSA) is 57.6 Å². The number of carbonyl (C=O) groups is 2. The van der Waals surface area contributed by atoms with E-state index in [9.17, 15) is 9.59 Å². The van der Waals surface area contributed by atoms with E-state index < -0.39 is 5.97 Å². The Bertz CT molecular complexity index is 303.